The molecule has 2 saturated heterocycles. The molecule has 2 aliphatic heterocycles. The van der Waals surface area contributed by atoms with Gasteiger partial charge in [-0.05, 0) is 97.1 Å². The first-order chi connectivity index (χ1) is 28.4. The van der Waals surface area contributed by atoms with Gasteiger partial charge in [0.1, 0.15) is 0 Å². The van der Waals surface area contributed by atoms with Crippen LogP contribution in [0.15, 0.2) is 170 Å². The van der Waals surface area contributed by atoms with Gasteiger partial charge in [-0.15, -0.1) is 0 Å². The van der Waals surface area contributed by atoms with Crippen LogP contribution in [-0.2, 0) is 22.6 Å². The molecule has 0 atom stereocenters. The monoisotopic (exact) mass is 758 g/mol. The Morgan fingerprint density at radius 1 is 0.379 bits per heavy atom. The van der Waals surface area contributed by atoms with E-state index in [1.807, 2.05) is 0 Å². The van der Waals surface area contributed by atoms with Crippen LogP contribution < -0.4 is 9.80 Å². The lowest BCUT2D eigenvalue weighted by Gasteiger charge is -2.38. The predicted molar refractivity (Wildman–Crippen MR) is 240 cm³/mol. The molecule has 9 aromatic rings. The third kappa shape index (κ3) is 5.86. The average Bonchev–Trinajstić information content (AvgIpc) is 3.72. The number of hydrogen-bond donors (Lipinski definition) is 0. The van der Waals surface area contributed by atoms with Gasteiger partial charge in [0.2, 0.25) is 0 Å². The maximum absolute atomic E-state index is 5.66. The number of aromatic nitrogens is 2. The number of rotatable bonds is 10. The number of fused-ring (bicyclic) bond motifs is 6. The van der Waals surface area contributed by atoms with E-state index in [0.717, 1.165) is 73.6 Å². The van der Waals surface area contributed by atoms with E-state index in [-0.39, 0.29) is 10.8 Å². The molecule has 0 amide bonds. The minimum absolute atomic E-state index is 0.146. The molecule has 58 heavy (non-hydrogen) atoms. The van der Waals surface area contributed by atoms with E-state index in [1.165, 1.54) is 43.6 Å². The molecule has 0 bridgehead atoms. The Labute approximate surface area is 339 Å². The fourth-order valence-corrected chi connectivity index (χ4v) is 9.35. The Kier molecular flexibility index (Phi) is 8.21. The third-order valence-corrected chi connectivity index (χ3v) is 12.3. The third-order valence-electron chi connectivity index (χ3n) is 12.3. The van der Waals surface area contributed by atoms with E-state index in [1.54, 1.807) is 0 Å². The Bertz CT molecular complexity index is 2740. The molecule has 0 saturated carbocycles. The van der Waals surface area contributed by atoms with Crippen molar-refractivity contribution in [1.82, 2.24) is 9.13 Å². The van der Waals surface area contributed by atoms with Gasteiger partial charge in [0.05, 0.1) is 26.4 Å². The second-order valence-electron chi connectivity index (χ2n) is 17.1. The molecule has 0 unspecified atom stereocenters. The van der Waals surface area contributed by atoms with E-state index in [9.17, 15) is 0 Å². The van der Waals surface area contributed by atoms with Crippen molar-refractivity contribution >= 4 is 77.7 Å². The van der Waals surface area contributed by atoms with Crippen LogP contribution in [0, 0.1) is 10.8 Å². The molecule has 0 aliphatic carbocycles. The van der Waals surface area contributed by atoms with Crippen molar-refractivity contribution < 1.29 is 9.47 Å². The Hall–Kier alpha value is -6.34. The Morgan fingerprint density at radius 3 is 1.09 bits per heavy atom. The zero-order valence-corrected chi connectivity index (χ0v) is 33.0. The molecule has 2 aromatic heterocycles. The number of anilines is 6. The second-order valence-corrected chi connectivity index (χ2v) is 17.1. The number of ether oxygens (including phenoxy) is 2. The quantitative estimate of drug-likeness (QED) is 0.139. The first-order valence-electron chi connectivity index (χ1n) is 20.4. The summed E-state index contributed by atoms with van der Waals surface area (Å²) in [7, 11) is 0. The maximum Gasteiger partial charge on any atom is 0.0559 e. The molecule has 6 heteroatoms. The van der Waals surface area contributed by atoms with Crippen molar-refractivity contribution in [2.45, 2.75) is 26.9 Å². The van der Waals surface area contributed by atoms with Crippen LogP contribution in [0.1, 0.15) is 13.8 Å². The van der Waals surface area contributed by atoms with Crippen LogP contribution in [0.25, 0.3) is 43.6 Å². The van der Waals surface area contributed by atoms with Crippen molar-refractivity contribution in [3.63, 3.8) is 0 Å². The normalized spacial score (nSPS) is 15.8. The number of nitrogens with zero attached hydrogens (tertiary/aromatic N) is 4. The van der Waals surface area contributed by atoms with Gasteiger partial charge in [-0.25, -0.2) is 0 Å². The predicted octanol–water partition coefficient (Wildman–Crippen LogP) is 12.9. The van der Waals surface area contributed by atoms with Crippen LogP contribution in [0.4, 0.5) is 34.1 Å². The van der Waals surface area contributed by atoms with E-state index in [0.29, 0.717) is 0 Å². The van der Waals surface area contributed by atoms with Gasteiger partial charge in [0.25, 0.3) is 0 Å². The minimum atomic E-state index is 0.146. The molecule has 0 spiro atoms. The lowest BCUT2D eigenvalue weighted by Crippen LogP contribution is -2.43. The molecule has 0 N–H and O–H groups in total. The zero-order chi connectivity index (χ0) is 38.8. The summed E-state index contributed by atoms with van der Waals surface area (Å²) in [6, 6.07) is 62.0. The molecule has 0 radical (unpaired) electrons. The lowest BCUT2D eigenvalue weighted by molar-refractivity contribution is -0.109. The number of para-hydroxylation sites is 4. The molecule has 2 aliphatic rings. The smallest absolute Gasteiger partial charge is 0.0559 e. The van der Waals surface area contributed by atoms with E-state index in [2.05, 4.69) is 203 Å². The maximum atomic E-state index is 5.66. The van der Waals surface area contributed by atoms with E-state index >= 15 is 0 Å². The molecule has 11 rings (SSSR count). The summed E-state index contributed by atoms with van der Waals surface area (Å²) >= 11 is 0. The van der Waals surface area contributed by atoms with Gasteiger partial charge in [-0.1, -0.05) is 86.6 Å². The second kappa shape index (κ2) is 13.7. The highest BCUT2D eigenvalue weighted by atomic mass is 16.5. The fraction of sp³-hybridized carbons (Fsp3) is 0.192. The molecule has 7 aromatic carbocycles. The Morgan fingerprint density at radius 2 is 0.707 bits per heavy atom. The molecule has 4 heterocycles. The fourth-order valence-electron chi connectivity index (χ4n) is 9.35. The SMILES string of the molecule is CC1(Cn2c3ccccc3c3cc(N(c4ccccc4)c4ccc(N(c5ccccc5)c5ccc6c(c5)c5ccccc5n6CC5(C)COC5)cc4)ccc32)COC1. The van der Waals surface area contributed by atoms with Gasteiger partial charge < -0.3 is 28.4 Å². The number of benzene rings is 7. The summed E-state index contributed by atoms with van der Waals surface area (Å²) in [6.07, 6.45) is 0. The van der Waals surface area contributed by atoms with E-state index in [4.69, 9.17) is 9.47 Å². The van der Waals surface area contributed by atoms with Crippen LogP contribution in [0.2, 0.25) is 0 Å². The molecule has 6 nitrogen and oxygen atoms in total. The lowest BCUT2D eigenvalue weighted by atomic mass is 9.88. The van der Waals surface area contributed by atoms with Crippen LogP contribution in [-0.4, -0.2) is 35.6 Å². The topological polar surface area (TPSA) is 34.8 Å². The first kappa shape index (κ1) is 34.9. The van der Waals surface area contributed by atoms with Crippen molar-refractivity contribution in [2.75, 3.05) is 36.2 Å². The van der Waals surface area contributed by atoms with Crippen molar-refractivity contribution in [3.05, 3.63) is 170 Å². The highest BCUT2D eigenvalue weighted by Gasteiger charge is 2.36. The summed E-state index contributed by atoms with van der Waals surface area (Å²) in [4.78, 5) is 4.75. The van der Waals surface area contributed by atoms with Gasteiger partial charge in [-0.3, -0.25) is 0 Å². The van der Waals surface area contributed by atoms with Crippen LogP contribution >= 0.6 is 0 Å². The number of hydrogen-bond acceptors (Lipinski definition) is 4. The van der Waals surface area contributed by atoms with E-state index < -0.39 is 0 Å². The molecule has 2 fully saturated rings. The first-order valence-corrected chi connectivity index (χ1v) is 20.4. The van der Waals surface area contributed by atoms with Gasteiger partial charge in [0, 0.05) is 102 Å². The summed E-state index contributed by atoms with van der Waals surface area (Å²) in [5.74, 6) is 0. The van der Waals surface area contributed by atoms with Crippen molar-refractivity contribution in [2.24, 2.45) is 10.8 Å². The van der Waals surface area contributed by atoms with Gasteiger partial charge >= 0.3 is 0 Å². The summed E-state index contributed by atoms with van der Waals surface area (Å²) in [5, 5.41) is 5.07. The van der Waals surface area contributed by atoms with Gasteiger partial charge in [0.15, 0.2) is 0 Å². The molecular weight excluding hydrogens is 713 g/mol. The minimum Gasteiger partial charge on any atom is -0.380 e. The highest BCUT2D eigenvalue weighted by Crippen LogP contribution is 2.44. The summed E-state index contributed by atoms with van der Waals surface area (Å²) < 4.78 is 16.3. The Balaban J connectivity index is 1.01. The summed E-state index contributed by atoms with van der Waals surface area (Å²) in [5.41, 5.74) is 12.0. The van der Waals surface area contributed by atoms with Crippen molar-refractivity contribution in [3.8, 4) is 0 Å². The average molecular weight is 759 g/mol. The highest BCUT2D eigenvalue weighted by molar-refractivity contribution is 6.10. The largest absolute Gasteiger partial charge is 0.380 e. The standard InChI is InChI=1S/C52H46N4O2/c1-51(33-57-34-51)31-53-47-19-11-9-17-43(47)45-29-41(25-27-49(45)53)55(37-13-5-3-6-14-37)39-21-23-40(24-22-39)56(38-15-7-4-8-16-38)42-26-28-50-46(30-42)44-18-10-12-20-48(44)54(50)32-52(2)35-58-36-52/h3-30H,31-36H2,1-2H3. The molecule has 286 valence electrons. The van der Waals surface area contributed by atoms with Crippen LogP contribution in [0.3, 0.4) is 0 Å². The van der Waals surface area contributed by atoms with Gasteiger partial charge in [-0.2, -0.15) is 0 Å². The van der Waals surface area contributed by atoms with Crippen LogP contribution in [0.5, 0.6) is 0 Å². The van der Waals surface area contributed by atoms with Crippen molar-refractivity contribution in [1.29, 1.82) is 0 Å². The molecular formula is C52H46N4O2. The summed E-state index contributed by atoms with van der Waals surface area (Å²) in [6.45, 7) is 9.72. The zero-order valence-electron chi connectivity index (χ0n) is 33.0.